The van der Waals surface area contributed by atoms with Crippen LogP contribution in [0.3, 0.4) is 0 Å². The minimum absolute atomic E-state index is 0.0132. The number of rotatable bonds is 11. The maximum Gasteiger partial charge on any atom is 0.407 e. The van der Waals surface area contributed by atoms with Crippen LogP contribution < -0.4 is 11.1 Å². The molecular weight excluding hydrogens is 382 g/mol. The molecule has 0 aliphatic rings. The number of nitrogens with zero attached hydrogens (tertiary/aromatic N) is 1. The molecule has 10 nitrogen and oxygen atoms in total. The first-order chi connectivity index (χ1) is 13.6. The number of ether oxygens (including phenoxy) is 2. The number of alkyl carbamates (subject to hydrolysis) is 1. The first-order valence-electron chi connectivity index (χ1n) is 9.34. The summed E-state index contributed by atoms with van der Waals surface area (Å²) in [6.45, 7) is 5.89. The molecular formula is C19H31N3O7. The van der Waals surface area contributed by atoms with Crippen molar-refractivity contribution >= 4 is 12.1 Å². The molecule has 0 saturated heterocycles. The number of hydrogen-bond donors (Lipinski definition) is 4. The van der Waals surface area contributed by atoms with Crippen molar-refractivity contribution in [1.29, 1.82) is 0 Å². The molecule has 5 N–H and O–H groups in total. The highest BCUT2D eigenvalue weighted by Crippen LogP contribution is 2.09. The summed E-state index contributed by atoms with van der Waals surface area (Å²) in [7, 11) is 0. The SMILES string of the molecule is CC(C)(C)OC(=O)NCCCCC(N)C(=O)OCc1ccc(CON(O)O)cc1. The summed E-state index contributed by atoms with van der Waals surface area (Å²) in [5.41, 5.74) is 6.78. The van der Waals surface area contributed by atoms with Crippen LogP contribution in [0.1, 0.15) is 51.2 Å². The van der Waals surface area contributed by atoms with Gasteiger partial charge in [-0.15, -0.1) is 0 Å². The third-order valence-electron chi connectivity index (χ3n) is 3.66. The second-order valence-corrected chi connectivity index (χ2v) is 7.48. The third-order valence-corrected chi connectivity index (χ3v) is 3.66. The maximum absolute atomic E-state index is 12.0. The average Bonchev–Trinajstić information content (AvgIpc) is 2.63. The van der Waals surface area contributed by atoms with Crippen LogP contribution in [0.2, 0.25) is 0 Å². The van der Waals surface area contributed by atoms with E-state index in [4.69, 9.17) is 25.6 Å². The van der Waals surface area contributed by atoms with E-state index in [1.807, 2.05) is 0 Å². The predicted octanol–water partition coefficient (Wildman–Crippen LogP) is 2.26. The van der Waals surface area contributed by atoms with Crippen molar-refractivity contribution in [3.8, 4) is 0 Å². The smallest absolute Gasteiger partial charge is 0.407 e. The fraction of sp³-hybridized carbons (Fsp3) is 0.579. The molecule has 164 valence electrons. The van der Waals surface area contributed by atoms with Gasteiger partial charge in [0.15, 0.2) is 0 Å². The molecule has 1 unspecified atom stereocenters. The fourth-order valence-corrected chi connectivity index (χ4v) is 2.24. The Kier molecular flexibility index (Phi) is 10.6. The Morgan fingerprint density at radius 2 is 1.69 bits per heavy atom. The summed E-state index contributed by atoms with van der Waals surface area (Å²) in [5.74, 6) is -0.492. The van der Waals surface area contributed by atoms with Gasteiger partial charge in [-0.25, -0.2) is 9.63 Å². The second kappa shape index (κ2) is 12.3. The Labute approximate surface area is 170 Å². The number of hydrogen-bond acceptors (Lipinski definition) is 9. The van der Waals surface area contributed by atoms with E-state index in [2.05, 4.69) is 10.2 Å². The highest BCUT2D eigenvalue weighted by molar-refractivity contribution is 5.75. The molecule has 10 heteroatoms. The van der Waals surface area contributed by atoms with Crippen molar-refractivity contribution in [1.82, 2.24) is 10.7 Å². The van der Waals surface area contributed by atoms with E-state index < -0.39 is 23.7 Å². The molecule has 1 rings (SSSR count). The lowest BCUT2D eigenvalue weighted by molar-refractivity contribution is -0.497. The highest BCUT2D eigenvalue weighted by atomic mass is 17.1. The molecule has 1 amide bonds. The van der Waals surface area contributed by atoms with Crippen LogP contribution in [0.25, 0.3) is 0 Å². The summed E-state index contributed by atoms with van der Waals surface area (Å²) in [4.78, 5) is 28.0. The molecule has 1 aromatic rings. The molecule has 0 aliphatic heterocycles. The Morgan fingerprint density at radius 3 is 2.24 bits per heavy atom. The number of amides is 1. The Bertz CT molecular complexity index is 630. The van der Waals surface area contributed by atoms with Gasteiger partial charge in [0.05, 0.1) is 12.0 Å². The molecule has 29 heavy (non-hydrogen) atoms. The van der Waals surface area contributed by atoms with E-state index in [9.17, 15) is 9.59 Å². The molecule has 0 aromatic heterocycles. The van der Waals surface area contributed by atoms with E-state index >= 15 is 0 Å². The first kappa shape index (κ1) is 24.8. The maximum atomic E-state index is 12.0. The fourth-order valence-electron chi connectivity index (χ4n) is 2.24. The monoisotopic (exact) mass is 413 g/mol. The van der Waals surface area contributed by atoms with Crippen molar-refractivity contribution < 1.29 is 34.3 Å². The van der Waals surface area contributed by atoms with E-state index in [0.29, 0.717) is 31.4 Å². The topological polar surface area (TPSA) is 144 Å². The van der Waals surface area contributed by atoms with Gasteiger partial charge in [-0.3, -0.25) is 15.2 Å². The third kappa shape index (κ3) is 12.0. The number of esters is 1. The summed E-state index contributed by atoms with van der Waals surface area (Å²) in [5, 5.41) is 19.3. The van der Waals surface area contributed by atoms with Gasteiger partial charge in [0.2, 0.25) is 0 Å². The lowest BCUT2D eigenvalue weighted by atomic mass is 10.1. The summed E-state index contributed by atoms with van der Waals surface area (Å²) in [6.07, 6.45) is 1.31. The van der Waals surface area contributed by atoms with Crippen molar-refractivity contribution in [3.05, 3.63) is 35.4 Å². The Balaban J connectivity index is 2.20. The lowest BCUT2D eigenvalue weighted by Gasteiger charge is -2.19. The first-order valence-corrected chi connectivity index (χ1v) is 9.34. The summed E-state index contributed by atoms with van der Waals surface area (Å²) >= 11 is 0. The minimum atomic E-state index is -0.732. The average molecular weight is 413 g/mol. The van der Waals surface area contributed by atoms with Crippen LogP contribution in [0.4, 0.5) is 4.79 Å². The largest absolute Gasteiger partial charge is 0.460 e. The van der Waals surface area contributed by atoms with Crippen molar-refractivity contribution in [2.24, 2.45) is 5.73 Å². The Hall–Kier alpha value is -2.24. The van der Waals surface area contributed by atoms with E-state index in [0.717, 1.165) is 5.56 Å². The molecule has 1 atom stereocenters. The van der Waals surface area contributed by atoms with Gasteiger partial charge >= 0.3 is 12.1 Å². The quantitative estimate of drug-likeness (QED) is 0.244. The van der Waals surface area contributed by atoms with Gasteiger partial charge < -0.3 is 20.5 Å². The zero-order chi connectivity index (χ0) is 21.9. The number of carbonyl (C=O) groups excluding carboxylic acids is 2. The molecule has 0 saturated carbocycles. The molecule has 0 spiro atoms. The summed E-state index contributed by atoms with van der Waals surface area (Å²) in [6, 6.07) is 6.16. The van der Waals surface area contributed by atoms with Crippen LogP contribution in [0.5, 0.6) is 0 Å². The molecule has 0 radical (unpaired) electrons. The van der Waals surface area contributed by atoms with E-state index in [1.165, 1.54) is 0 Å². The number of carbonyl (C=O) groups is 2. The zero-order valence-electron chi connectivity index (χ0n) is 17.1. The molecule has 0 aliphatic carbocycles. The van der Waals surface area contributed by atoms with Crippen molar-refractivity contribution in [2.45, 2.75) is 64.9 Å². The van der Waals surface area contributed by atoms with Crippen molar-refractivity contribution in [3.63, 3.8) is 0 Å². The highest BCUT2D eigenvalue weighted by Gasteiger charge is 2.16. The standard InChI is InChI=1S/C19H31N3O7/c1-19(2,3)29-18(24)21-11-5-4-6-16(20)17(23)27-12-14-7-9-15(10-8-14)13-28-22(25)26/h7-10,16,25-26H,4-6,11-13,20H2,1-3H3,(H,21,24). The van der Waals surface area contributed by atoms with Gasteiger partial charge in [-0.2, -0.15) is 0 Å². The van der Waals surface area contributed by atoms with E-state index in [1.54, 1.807) is 45.0 Å². The van der Waals surface area contributed by atoms with Gasteiger partial charge in [0, 0.05) is 6.54 Å². The van der Waals surface area contributed by atoms with Gasteiger partial charge in [-0.1, -0.05) is 24.3 Å². The van der Waals surface area contributed by atoms with Crippen LogP contribution in [0.15, 0.2) is 24.3 Å². The van der Waals surface area contributed by atoms with Crippen LogP contribution in [-0.2, 0) is 32.3 Å². The van der Waals surface area contributed by atoms with E-state index in [-0.39, 0.29) is 18.6 Å². The number of nitrogens with two attached hydrogens (primary N) is 1. The molecule has 0 fully saturated rings. The predicted molar refractivity (Wildman–Crippen MR) is 103 cm³/mol. The van der Waals surface area contributed by atoms with Gasteiger partial charge in [-0.05, 0) is 51.2 Å². The second-order valence-electron chi connectivity index (χ2n) is 7.48. The van der Waals surface area contributed by atoms with Crippen LogP contribution in [-0.4, -0.2) is 46.1 Å². The van der Waals surface area contributed by atoms with Gasteiger partial charge in [0.1, 0.15) is 18.2 Å². The number of unbranched alkanes of at least 4 members (excludes halogenated alkanes) is 1. The van der Waals surface area contributed by atoms with Crippen LogP contribution in [0, 0.1) is 0 Å². The van der Waals surface area contributed by atoms with Gasteiger partial charge in [0.25, 0.3) is 0 Å². The summed E-state index contributed by atoms with van der Waals surface area (Å²) < 4.78 is 10.3. The van der Waals surface area contributed by atoms with Crippen LogP contribution >= 0.6 is 0 Å². The molecule has 1 aromatic carbocycles. The number of nitrogens with one attached hydrogen (secondary N) is 1. The number of benzene rings is 1. The Morgan fingerprint density at radius 1 is 1.10 bits per heavy atom. The minimum Gasteiger partial charge on any atom is -0.460 e. The lowest BCUT2D eigenvalue weighted by Crippen LogP contribution is -2.34. The molecule has 0 heterocycles. The molecule has 0 bridgehead atoms. The normalized spacial score (nSPS) is 12.5. The zero-order valence-corrected chi connectivity index (χ0v) is 17.1. The van der Waals surface area contributed by atoms with Crippen molar-refractivity contribution in [2.75, 3.05) is 6.54 Å².